The Morgan fingerprint density at radius 1 is 0.857 bits per heavy atom. The molecule has 226 valence electrons. The minimum atomic E-state index is -0.0339. The number of benzene rings is 2. The molecular weight excluding hydrogens is 530 g/mol. The lowest BCUT2D eigenvalue weighted by atomic mass is 9.92. The van der Waals surface area contributed by atoms with Crippen molar-refractivity contribution in [3.63, 3.8) is 0 Å². The van der Waals surface area contributed by atoms with Crippen molar-refractivity contribution in [2.75, 3.05) is 60.6 Å². The first-order chi connectivity index (χ1) is 20.6. The highest BCUT2D eigenvalue weighted by atomic mass is 16.5. The predicted octanol–water partition coefficient (Wildman–Crippen LogP) is 5.13. The van der Waals surface area contributed by atoms with E-state index in [2.05, 4.69) is 19.7 Å². The number of nitrogens with one attached hydrogen (secondary N) is 1. The van der Waals surface area contributed by atoms with Crippen LogP contribution < -0.4 is 19.5 Å². The third-order valence-corrected chi connectivity index (χ3v) is 9.53. The van der Waals surface area contributed by atoms with Crippen molar-refractivity contribution in [2.45, 2.75) is 63.5 Å². The second-order valence-corrected chi connectivity index (χ2v) is 11.9. The van der Waals surface area contributed by atoms with Gasteiger partial charge in [-0.1, -0.05) is 19.3 Å². The maximum Gasteiger partial charge on any atom is 0.251 e. The van der Waals surface area contributed by atoms with E-state index in [0.29, 0.717) is 35.4 Å². The SMILES string of the molecule is COc1cc(-c2nc3ccc(C(=O)NCCN4CCN(C5CCCCC5)CC4)cc3n2C2CCC2)cc(OC)c1OC. The largest absolute Gasteiger partial charge is 0.493 e. The average Bonchev–Trinajstić information content (AvgIpc) is 3.38. The lowest BCUT2D eigenvalue weighted by Gasteiger charge is -2.40. The van der Waals surface area contributed by atoms with Crippen LogP contribution in [0.4, 0.5) is 0 Å². The van der Waals surface area contributed by atoms with Crippen molar-refractivity contribution < 1.29 is 19.0 Å². The lowest BCUT2D eigenvalue weighted by Crippen LogP contribution is -2.52. The van der Waals surface area contributed by atoms with Gasteiger partial charge in [0.1, 0.15) is 5.82 Å². The standard InChI is InChI=1S/C33H45N5O4/c1-40-29-21-24(22-30(41-2)31(29)42-3)32-35-27-13-12-23(20-28(27)38(32)26-10-7-11-26)33(39)34-14-15-36-16-18-37(19-17-36)25-8-5-4-6-9-25/h12-13,20-22,25-26H,4-11,14-19H2,1-3H3,(H,34,39). The van der Waals surface area contributed by atoms with Crippen LogP contribution in [0.2, 0.25) is 0 Å². The first kappa shape index (κ1) is 28.8. The van der Waals surface area contributed by atoms with Crippen molar-refractivity contribution >= 4 is 16.9 Å². The van der Waals surface area contributed by atoms with Crippen LogP contribution in [0.5, 0.6) is 17.2 Å². The highest BCUT2D eigenvalue weighted by Crippen LogP contribution is 2.44. The fourth-order valence-electron chi connectivity index (χ4n) is 6.89. The van der Waals surface area contributed by atoms with Crippen molar-refractivity contribution in [1.82, 2.24) is 24.7 Å². The van der Waals surface area contributed by atoms with E-state index in [4.69, 9.17) is 19.2 Å². The molecule has 1 aromatic heterocycles. The van der Waals surface area contributed by atoms with Crippen LogP contribution in [-0.2, 0) is 0 Å². The number of hydrogen-bond donors (Lipinski definition) is 1. The maximum atomic E-state index is 13.3. The lowest BCUT2D eigenvalue weighted by molar-refractivity contribution is 0.0777. The number of fused-ring (bicyclic) bond motifs is 1. The van der Waals surface area contributed by atoms with Crippen molar-refractivity contribution in [1.29, 1.82) is 0 Å². The third kappa shape index (κ3) is 5.81. The number of piperazine rings is 1. The molecule has 1 N–H and O–H groups in total. The van der Waals surface area contributed by atoms with Gasteiger partial charge < -0.3 is 24.1 Å². The van der Waals surface area contributed by atoms with Gasteiger partial charge in [-0.25, -0.2) is 4.98 Å². The molecule has 2 aromatic carbocycles. The quantitative estimate of drug-likeness (QED) is 0.359. The summed E-state index contributed by atoms with van der Waals surface area (Å²) in [5.74, 6) is 2.55. The second-order valence-electron chi connectivity index (χ2n) is 11.9. The molecule has 1 amide bonds. The van der Waals surface area contributed by atoms with E-state index in [1.807, 2.05) is 30.3 Å². The number of carbonyl (C=O) groups is 1. The molecule has 3 aliphatic rings. The summed E-state index contributed by atoms with van der Waals surface area (Å²) < 4.78 is 19.1. The molecule has 0 radical (unpaired) electrons. The number of imidazole rings is 1. The molecule has 1 aliphatic heterocycles. The van der Waals surface area contributed by atoms with Gasteiger partial charge >= 0.3 is 0 Å². The van der Waals surface area contributed by atoms with Crippen LogP contribution >= 0.6 is 0 Å². The summed E-state index contributed by atoms with van der Waals surface area (Å²) in [4.78, 5) is 23.5. The summed E-state index contributed by atoms with van der Waals surface area (Å²) in [7, 11) is 4.85. The van der Waals surface area contributed by atoms with Gasteiger partial charge in [0, 0.05) is 62.5 Å². The molecule has 0 unspecified atom stereocenters. The number of rotatable bonds is 10. The zero-order chi connectivity index (χ0) is 29.1. The Hall–Kier alpha value is -3.30. The third-order valence-electron chi connectivity index (χ3n) is 9.53. The predicted molar refractivity (Wildman–Crippen MR) is 165 cm³/mol. The monoisotopic (exact) mass is 575 g/mol. The molecule has 0 atom stereocenters. The number of aromatic nitrogens is 2. The summed E-state index contributed by atoms with van der Waals surface area (Å²) in [6.45, 7) is 6.01. The Kier molecular flexibility index (Phi) is 8.86. The van der Waals surface area contributed by atoms with Gasteiger partial charge in [-0.3, -0.25) is 14.6 Å². The molecule has 6 rings (SSSR count). The Morgan fingerprint density at radius 2 is 1.55 bits per heavy atom. The van der Waals surface area contributed by atoms with Crippen LogP contribution in [0.3, 0.4) is 0 Å². The summed E-state index contributed by atoms with van der Waals surface area (Å²) in [5, 5.41) is 3.17. The first-order valence-corrected chi connectivity index (χ1v) is 15.7. The topological polar surface area (TPSA) is 81.1 Å². The molecule has 0 bridgehead atoms. The molecule has 42 heavy (non-hydrogen) atoms. The van der Waals surface area contributed by atoms with Gasteiger partial charge in [0.25, 0.3) is 5.91 Å². The summed E-state index contributed by atoms with van der Waals surface area (Å²) in [5.41, 5.74) is 3.41. The van der Waals surface area contributed by atoms with Gasteiger partial charge in [0.2, 0.25) is 5.75 Å². The fraction of sp³-hybridized carbons (Fsp3) is 0.576. The van der Waals surface area contributed by atoms with Crippen molar-refractivity contribution in [3.8, 4) is 28.6 Å². The Balaban J connectivity index is 1.15. The summed E-state index contributed by atoms with van der Waals surface area (Å²) >= 11 is 0. The van der Waals surface area contributed by atoms with Crippen LogP contribution in [0.25, 0.3) is 22.4 Å². The number of amides is 1. The number of carbonyl (C=O) groups excluding carboxylic acids is 1. The number of methoxy groups -OCH3 is 3. The molecule has 3 aromatic rings. The van der Waals surface area contributed by atoms with E-state index in [0.717, 1.165) is 74.0 Å². The fourth-order valence-corrected chi connectivity index (χ4v) is 6.89. The molecule has 2 heterocycles. The second kappa shape index (κ2) is 12.9. The van der Waals surface area contributed by atoms with E-state index in [1.54, 1.807) is 21.3 Å². The van der Waals surface area contributed by atoms with Crippen LogP contribution in [0.1, 0.15) is 67.8 Å². The van der Waals surface area contributed by atoms with E-state index in [-0.39, 0.29) is 5.91 Å². The number of nitrogens with zero attached hydrogens (tertiary/aromatic N) is 4. The van der Waals surface area contributed by atoms with E-state index < -0.39 is 0 Å². The normalized spacial score (nSPS) is 19.0. The van der Waals surface area contributed by atoms with Gasteiger partial charge in [0.05, 0.1) is 32.4 Å². The maximum absolute atomic E-state index is 13.3. The van der Waals surface area contributed by atoms with Gasteiger partial charge in [-0.15, -0.1) is 0 Å². The Labute approximate surface area is 249 Å². The van der Waals surface area contributed by atoms with Gasteiger partial charge in [-0.05, 0) is 62.4 Å². The molecule has 9 heteroatoms. The zero-order valence-electron chi connectivity index (χ0n) is 25.4. The van der Waals surface area contributed by atoms with Gasteiger partial charge in [0.15, 0.2) is 11.5 Å². The highest BCUT2D eigenvalue weighted by molar-refractivity contribution is 5.98. The van der Waals surface area contributed by atoms with Crippen LogP contribution in [-0.4, -0.2) is 91.9 Å². The van der Waals surface area contributed by atoms with Crippen LogP contribution in [0.15, 0.2) is 30.3 Å². The summed E-state index contributed by atoms with van der Waals surface area (Å²) in [6.07, 6.45) is 10.3. The van der Waals surface area contributed by atoms with E-state index in [1.165, 1.54) is 38.5 Å². The molecule has 2 saturated carbocycles. The molecule has 9 nitrogen and oxygen atoms in total. The number of ether oxygens (including phenoxy) is 3. The molecular formula is C33H45N5O4. The van der Waals surface area contributed by atoms with Crippen LogP contribution in [0, 0.1) is 0 Å². The molecule has 2 aliphatic carbocycles. The Bertz CT molecular complexity index is 1360. The average molecular weight is 576 g/mol. The zero-order valence-corrected chi connectivity index (χ0v) is 25.4. The summed E-state index contributed by atoms with van der Waals surface area (Å²) in [6, 6.07) is 10.9. The van der Waals surface area contributed by atoms with Crippen molar-refractivity contribution in [2.24, 2.45) is 0 Å². The van der Waals surface area contributed by atoms with Gasteiger partial charge in [-0.2, -0.15) is 0 Å². The van der Waals surface area contributed by atoms with E-state index in [9.17, 15) is 4.79 Å². The van der Waals surface area contributed by atoms with Crippen molar-refractivity contribution in [3.05, 3.63) is 35.9 Å². The van der Waals surface area contributed by atoms with E-state index >= 15 is 0 Å². The smallest absolute Gasteiger partial charge is 0.251 e. The Morgan fingerprint density at radius 3 is 2.17 bits per heavy atom. The molecule has 1 saturated heterocycles. The molecule has 3 fully saturated rings. The minimum absolute atomic E-state index is 0.0339. The molecule has 0 spiro atoms. The first-order valence-electron chi connectivity index (χ1n) is 15.7. The number of hydrogen-bond acceptors (Lipinski definition) is 7. The minimum Gasteiger partial charge on any atom is -0.493 e. The highest BCUT2D eigenvalue weighted by Gasteiger charge is 2.28.